The van der Waals surface area contributed by atoms with Crippen molar-refractivity contribution < 1.29 is 9.90 Å². The van der Waals surface area contributed by atoms with Crippen molar-refractivity contribution in [2.75, 3.05) is 0 Å². The highest BCUT2D eigenvalue weighted by Gasteiger charge is 2.31. The lowest BCUT2D eigenvalue weighted by Gasteiger charge is -1.97. The molecule has 118 valence electrons. The number of benzene rings is 1. The highest BCUT2D eigenvalue weighted by Crippen LogP contribution is 2.30. The highest BCUT2D eigenvalue weighted by molar-refractivity contribution is 6.02. The molecule has 0 unspecified atom stereocenters. The molecule has 1 aliphatic rings. The van der Waals surface area contributed by atoms with E-state index in [0.717, 1.165) is 5.69 Å². The summed E-state index contributed by atoms with van der Waals surface area (Å²) < 4.78 is 1.63. The maximum atomic E-state index is 11.1. The quantitative estimate of drug-likeness (QED) is 0.759. The largest absolute Gasteiger partial charge is 0.478 e. The van der Waals surface area contributed by atoms with Gasteiger partial charge >= 0.3 is 5.97 Å². The average Bonchev–Trinajstić information content (AvgIpc) is 3.07. The maximum Gasteiger partial charge on any atom is 0.336 e. The van der Waals surface area contributed by atoms with Crippen molar-refractivity contribution in [1.82, 2.24) is 14.8 Å². The van der Waals surface area contributed by atoms with Gasteiger partial charge in [-0.05, 0) is 44.0 Å². The molecule has 0 saturated heterocycles. The minimum absolute atomic E-state index is 0.250. The van der Waals surface area contributed by atoms with Gasteiger partial charge in [-0.2, -0.15) is 5.10 Å². The molecule has 6 nitrogen and oxygen atoms in total. The van der Waals surface area contributed by atoms with Crippen LogP contribution in [0.25, 0.3) is 16.6 Å². The summed E-state index contributed by atoms with van der Waals surface area (Å²) in [7, 11) is 0. The van der Waals surface area contributed by atoms with E-state index in [0.29, 0.717) is 10.9 Å². The number of nitrogens with two attached hydrogens (primary N) is 1. The second-order valence-corrected chi connectivity index (χ2v) is 5.98. The Morgan fingerprint density at radius 2 is 2.04 bits per heavy atom. The molecular formula is C17H18N4O2. The number of fused-ring (bicyclic) bond motifs is 1. The molecule has 4 rings (SSSR count). The van der Waals surface area contributed by atoms with Crippen LogP contribution in [0, 0.1) is 0 Å². The van der Waals surface area contributed by atoms with Crippen molar-refractivity contribution >= 4 is 16.9 Å². The lowest BCUT2D eigenvalue weighted by Crippen LogP contribution is -2.14. The summed E-state index contributed by atoms with van der Waals surface area (Å²) in [6.45, 7) is 2.08. The van der Waals surface area contributed by atoms with Crippen LogP contribution in [0.15, 0.2) is 48.9 Å². The van der Waals surface area contributed by atoms with Crippen LogP contribution < -0.4 is 5.73 Å². The second kappa shape index (κ2) is 5.81. The Morgan fingerprint density at radius 3 is 2.61 bits per heavy atom. The normalized spacial score (nSPS) is 14.9. The Morgan fingerprint density at radius 1 is 1.30 bits per heavy atom. The Balaban J connectivity index is 0.000000267. The van der Waals surface area contributed by atoms with Gasteiger partial charge in [-0.15, -0.1) is 0 Å². The number of hydrogen-bond donors (Lipinski definition) is 2. The van der Waals surface area contributed by atoms with E-state index in [1.165, 1.54) is 12.8 Å². The van der Waals surface area contributed by atoms with Crippen LogP contribution in [0.5, 0.6) is 0 Å². The van der Waals surface area contributed by atoms with Crippen LogP contribution in [-0.2, 0) is 0 Å². The number of carboxylic acids is 1. The van der Waals surface area contributed by atoms with Gasteiger partial charge in [0.1, 0.15) is 0 Å². The van der Waals surface area contributed by atoms with E-state index in [4.69, 9.17) is 10.8 Å². The number of aromatic nitrogens is 3. The molecule has 0 radical (unpaired) electrons. The number of pyridine rings is 1. The van der Waals surface area contributed by atoms with Crippen LogP contribution in [0.1, 0.15) is 30.1 Å². The summed E-state index contributed by atoms with van der Waals surface area (Å²) in [5.41, 5.74) is 7.42. The number of carbonyl (C=O) groups is 1. The molecule has 1 saturated carbocycles. The van der Waals surface area contributed by atoms with Crippen molar-refractivity contribution in [2.45, 2.75) is 25.3 Å². The van der Waals surface area contributed by atoms with Gasteiger partial charge in [0.25, 0.3) is 0 Å². The van der Waals surface area contributed by atoms with Crippen molar-refractivity contribution in [3.8, 4) is 5.69 Å². The third-order valence-corrected chi connectivity index (χ3v) is 3.73. The summed E-state index contributed by atoms with van der Waals surface area (Å²) in [6, 6.07) is 8.71. The molecule has 1 fully saturated rings. The van der Waals surface area contributed by atoms with Gasteiger partial charge in [0.15, 0.2) is 0 Å². The van der Waals surface area contributed by atoms with Gasteiger partial charge in [0, 0.05) is 23.3 Å². The Hall–Kier alpha value is -2.73. The minimum atomic E-state index is -0.952. The molecule has 3 N–H and O–H groups in total. The van der Waals surface area contributed by atoms with E-state index < -0.39 is 5.97 Å². The number of hydrogen-bond acceptors (Lipinski definition) is 4. The topological polar surface area (TPSA) is 94.0 Å². The van der Waals surface area contributed by atoms with Gasteiger partial charge in [-0.25, -0.2) is 9.48 Å². The molecule has 0 atom stereocenters. The standard InChI is InChI=1S/C13H9N3O2.C4H9N/c17-13(18)10-4-1-5-12-11(10)8-16(15-12)9-3-2-6-14-7-9;1-4(5)2-3-4/h1-8H,(H,17,18);2-3,5H2,1H3. The van der Waals surface area contributed by atoms with Gasteiger partial charge in [-0.3, -0.25) is 4.98 Å². The molecule has 0 bridgehead atoms. The predicted molar refractivity (Wildman–Crippen MR) is 87.7 cm³/mol. The van der Waals surface area contributed by atoms with Gasteiger partial charge in [0.2, 0.25) is 0 Å². The lowest BCUT2D eigenvalue weighted by molar-refractivity contribution is 0.0699. The first-order valence-corrected chi connectivity index (χ1v) is 7.37. The number of aromatic carboxylic acids is 1. The zero-order valence-corrected chi connectivity index (χ0v) is 12.8. The molecule has 1 aromatic carbocycles. The number of carboxylic acid groups (broad SMARTS) is 1. The van der Waals surface area contributed by atoms with Gasteiger partial charge in [0.05, 0.1) is 23.0 Å². The number of nitrogens with zero attached hydrogens (tertiary/aromatic N) is 3. The molecule has 0 amide bonds. The second-order valence-electron chi connectivity index (χ2n) is 5.98. The Kier molecular flexibility index (Phi) is 3.83. The summed E-state index contributed by atoms with van der Waals surface area (Å²) in [5.74, 6) is -0.952. The summed E-state index contributed by atoms with van der Waals surface area (Å²) in [4.78, 5) is 15.1. The van der Waals surface area contributed by atoms with E-state index >= 15 is 0 Å². The SMILES string of the molecule is CC1(N)CC1.O=C(O)c1cccc2nn(-c3cccnc3)cc12. The summed E-state index contributed by atoms with van der Waals surface area (Å²) >= 11 is 0. The number of rotatable bonds is 2. The van der Waals surface area contributed by atoms with E-state index in [1.807, 2.05) is 6.07 Å². The van der Waals surface area contributed by atoms with Crippen LogP contribution in [0.4, 0.5) is 0 Å². The fourth-order valence-electron chi connectivity index (χ4n) is 2.05. The van der Waals surface area contributed by atoms with E-state index in [2.05, 4.69) is 17.0 Å². The van der Waals surface area contributed by atoms with Crippen molar-refractivity contribution in [3.05, 3.63) is 54.5 Å². The first kappa shape index (κ1) is 15.2. The van der Waals surface area contributed by atoms with E-state index in [9.17, 15) is 4.79 Å². The van der Waals surface area contributed by atoms with Crippen LogP contribution in [0.3, 0.4) is 0 Å². The molecular weight excluding hydrogens is 292 g/mol. The molecule has 0 aliphatic heterocycles. The molecule has 3 aromatic rings. The third-order valence-electron chi connectivity index (χ3n) is 3.73. The zero-order chi connectivity index (χ0) is 16.4. The van der Waals surface area contributed by atoms with Gasteiger partial charge in [-0.1, -0.05) is 6.07 Å². The summed E-state index contributed by atoms with van der Waals surface area (Å²) in [5, 5.41) is 14.1. The van der Waals surface area contributed by atoms with Gasteiger partial charge < -0.3 is 10.8 Å². The van der Waals surface area contributed by atoms with Crippen LogP contribution in [0.2, 0.25) is 0 Å². The molecule has 2 heterocycles. The summed E-state index contributed by atoms with van der Waals surface area (Å²) in [6.07, 6.45) is 7.51. The van der Waals surface area contributed by atoms with Crippen molar-refractivity contribution in [3.63, 3.8) is 0 Å². The highest BCUT2D eigenvalue weighted by atomic mass is 16.4. The predicted octanol–water partition coefficient (Wildman–Crippen LogP) is 2.62. The molecule has 0 spiro atoms. The fourth-order valence-corrected chi connectivity index (χ4v) is 2.05. The zero-order valence-electron chi connectivity index (χ0n) is 12.8. The molecule has 1 aliphatic carbocycles. The van der Waals surface area contributed by atoms with Crippen molar-refractivity contribution in [2.24, 2.45) is 5.73 Å². The van der Waals surface area contributed by atoms with Crippen LogP contribution >= 0.6 is 0 Å². The molecule has 23 heavy (non-hydrogen) atoms. The minimum Gasteiger partial charge on any atom is -0.478 e. The first-order valence-electron chi connectivity index (χ1n) is 7.37. The van der Waals surface area contributed by atoms with Crippen molar-refractivity contribution in [1.29, 1.82) is 0 Å². The van der Waals surface area contributed by atoms with E-state index in [-0.39, 0.29) is 11.1 Å². The fraction of sp³-hybridized carbons (Fsp3) is 0.235. The smallest absolute Gasteiger partial charge is 0.336 e. The van der Waals surface area contributed by atoms with E-state index in [1.54, 1.807) is 47.5 Å². The lowest BCUT2D eigenvalue weighted by atomic mass is 10.1. The third kappa shape index (κ3) is 3.54. The Labute approximate surface area is 133 Å². The maximum absolute atomic E-state index is 11.1. The monoisotopic (exact) mass is 310 g/mol. The molecule has 2 aromatic heterocycles. The first-order chi connectivity index (χ1) is 11.0. The van der Waals surface area contributed by atoms with Crippen LogP contribution in [-0.4, -0.2) is 31.4 Å². The Bertz CT molecular complexity index is 834. The molecule has 6 heteroatoms. The average molecular weight is 310 g/mol.